The van der Waals surface area contributed by atoms with Gasteiger partial charge in [-0.05, 0) is 24.3 Å². The van der Waals surface area contributed by atoms with Crippen molar-refractivity contribution in [3.63, 3.8) is 0 Å². The number of rotatable bonds is 5. The number of anilines is 3. The van der Waals surface area contributed by atoms with Crippen LogP contribution >= 0.6 is 0 Å². The molecule has 9 heteroatoms. The molecule has 0 saturated heterocycles. The Morgan fingerprint density at radius 2 is 1.80 bits per heavy atom. The van der Waals surface area contributed by atoms with Gasteiger partial charge in [0.25, 0.3) is 0 Å². The van der Waals surface area contributed by atoms with Crippen LogP contribution in [-0.4, -0.2) is 20.2 Å². The van der Waals surface area contributed by atoms with E-state index in [-0.39, 0.29) is 17.5 Å². The van der Waals surface area contributed by atoms with E-state index in [2.05, 4.69) is 30.8 Å². The van der Waals surface area contributed by atoms with Gasteiger partial charge in [0.15, 0.2) is 5.82 Å². The molecule has 0 amide bonds. The molecule has 2 heterocycles. The molecule has 0 spiro atoms. The van der Waals surface area contributed by atoms with E-state index in [9.17, 15) is 13.2 Å². The number of aromatic nitrogens is 4. The van der Waals surface area contributed by atoms with Gasteiger partial charge >= 0.3 is 6.18 Å². The molecule has 0 aliphatic rings. The summed E-state index contributed by atoms with van der Waals surface area (Å²) in [5.74, 6) is 0.329. The summed E-state index contributed by atoms with van der Waals surface area (Å²) in [4.78, 5) is 8.26. The summed E-state index contributed by atoms with van der Waals surface area (Å²) < 4.78 is 39.1. The molecule has 2 N–H and O–H groups in total. The third-order valence-corrected chi connectivity index (χ3v) is 3.21. The van der Waals surface area contributed by atoms with Gasteiger partial charge in [0.1, 0.15) is 0 Å². The lowest BCUT2D eigenvalue weighted by molar-refractivity contribution is -0.136. The maximum Gasteiger partial charge on any atom is 0.418 e. The maximum atomic E-state index is 13.0. The van der Waals surface area contributed by atoms with Crippen molar-refractivity contribution in [1.82, 2.24) is 20.2 Å². The molecule has 6 nitrogen and oxygen atoms in total. The quantitative estimate of drug-likeness (QED) is 0.735. The van der Waals surface area contributed by atoms with Crippen LogP contribution in [0.25, 0.3) is 0 Å². The Hall–Kier alpha value is -3.23. The minimum atomic E-state index is -4.47. The third-order valence-electron chi connectivity index (χ3n) is 3.21. The highest BCUT2D eigenvalue weighted by atomic mass is 19.4. The molecule has 3 rings (SSSR count). The van der Waals surface area contributed by atoms with Crippen LogP contribution in [0.5, 0.6) is 0 Å². The number of halogens is 3. The second-order valence-electron chi connectivity index (χ2n) is 5.01. The molecule has 0 aliphatic carbocycles. The summed E-state index contributed by atoms with van der Waals surface area (Å²) >= 11 is 0. The molecule has 0 bridgehead atoms. The van der Waals surface area contributed by atoms with Gasteiger partial charge in [0.05, 0.1) is 29.7 Å². The van der Waals surface area contributed by atoms with Crippen LogP contribution < -0.4 is 10.6 Å². The van der Waals surface area contributed by atoms with Crippen molar-refractivity contribution >= 4 is 17.5 Å². The Bertz CT molecular complexity index is 839. The van der Waals surface area contributed by atoms with E-state index in [4.69, 9.17) is 0 Å². The van der Waals surface area contributed by atoms with Crippen LogP contribution in [0.15, 0.2) is 54.9 Å². The number of alkyl halides is 3. The van der Waals surface area contributed by atoms with Crippen molar-refractivity contribution in [2.45, 2.75) is 12.7 Å². The van der Waals surface area contributed by atoms with Gasteiger partial charge < -0.3 is 10.6 Å². The predicted molar refractivity (Wildman–Crippen MR) is 86.1 cm³/mol. The highest BCUT2D eigenvalue weighted by molar-refractivity contribution is 5.61. The lowest BCUT2D eigenvalue weighted by Gasteiger charge is -2.13. The number of benzene rings is 1. The van der Waals surface area contributed by atoms with Crippen molar-refractivity contribution in [2.75, 3.05) is 10.6 Å². The molecule has 25 heavy (non-hydrogen) atoms. The van der Waals surface area contributed by atoms with Gasteiger partial charge in [0, 0.05) is 6.20 Å². The minimum Gasteiger partial charge on any atom is -0.347 e. The van der Waals surface area contributed by atoms with Crippen LogP contribution in [0, 0.1) is 0 Å². The van der Waals surface area contributed by atoms with E-state index >= 15 is 0 Å². The van der Waals surface area contributed by atoms with Gasteiger partial charge in [0.2, 0.25) is 5.95 Å². The Morgan fingerprint density at radius 1 is 1.00 bits per heavy atom. The number of hydrogen-bond donors (Lipinski definition) is 2. The van der Waals surface area contributed by atoms with Gasteiger partial charge in [-0.1, -0.05) is 18.2 Å². The average molecular weight is 346 g/mol. The van der Waals surface area contributed by atoms with Crippen LogP contribution in [0.3, 0.4) is 0 Å². The molecule has 3 aromatic rings. The van der Waals surface area contributed by atoms with Crippen LogP contribution in [0.2, 0.25) is 0 Å². The summed E-state index contributed by atoms with van der Waals surface area (Å²) in [6.45, 7) is 0.366. The fourth-order valence-corrected chi connectivity index (χ4v) is 2.09. The van der Waals surface area contributed by atoms with Crippen molar-refractivity contribution in [3.05, 3.63) is 66.1 Å². The summed E-state index contributed by atoms with van der Waals surface area (Å²) in [6, 6.07) is 10.6. The monoisotopic (exact) mass is 346 g/mol. The van der Waals surface area contributed by atoms with Gasteiger partial charge in [-0.3, -0.25) is 4.98 Å². The molecular weight excluding hydrogens is 333 g/mol. The highest BCUT2D eigenvalue weighted by Gasteiger charge is 2.33. The first-order chi connectivity index (χ1) is 12.0. The highest BCUT2D eigenvalue weighted by Crippen LogP contribution is 2.35. The average Bonchev–Trinajstić information content (AvgIpc) is 2.61. The molecule has 0 atom stereocenters. The fraction of sp³-hybridized carbons (Fsp3) is 0.125. The van der Waals surface area contributed by atoms with E-state index in [1.54, 1.807) is 12.3 Å². The Balaban J connectivity index is 1.74. The van der Waals surface area contributed by atoms with Crippen molar-refractivity contribution in [3.8, 4) is 0 Å². The zero-order valence-electron chi connectivity index (χ0n) is 12.8. The summed E-state index contributed by atoms with van der Waals surface area (Å²) in [5, 5.41) is 13.1. The van der Waals surface area contributed by atoms with E-state index in [1.807, 2.05) is 12.1 Å². The largest absolute Gasteiger partial charge is 0.418 e. The standard InChI is InChI=1S/C16H13F3N6/c17-16(18,19)12-6-1-2-7-13(12)23-14-10-22-25-15(24-14)21-9-11-5-3-4-8-20-11/h1-8,10H,9H2,(H2,21,23,24,25). The van der Waals surface area contributed by atoms with Crippen LogP contribution in [0.4, 0.5) is 30.6 Å². The number of nitrogens with one attached hydrogen (secondary N) is 2. The van der Waals surface area contributed by atoms with Crippen molar-refractivity contribution < 1.29 is 13.2 Å². The van der Waals surface area contributed by atoms with E-state index in [0.717, 1.165) is 11.8 Å². The molecule has 128 valence electrons. The first kappa shape index (κ1) is 16.6. The lowest BCUT2D eigenvalue weighted by Crippen LogP contribution is -2.10. The number of nitrogens with zero attached hydrogens (tertiary/aromatic N) is 4. The Labute approximate surface area is 141 Å². The van der Waals surface area contributed by atoms with Crippen LogP contribution in [-0.2, 0) is 12.7 Å². The topological polar surface area (TPSA) is 75.6 Å². The maximum absolute atomic E-state index is 13.0. The van der Waals surface area contributed by atoms with E-state index in [1.165, 1.54) is 24.4 Å². The predicted octanol–water partition coefficient (Wildman–Crippen LogP) is 3.64. The second-order valence-corrected chi connectivity index (χ2v) is 5.01. The number of pyridine rings is 1. The van der Waals surface area contributed by atoms with E-state index < -0.39 is 11.7 Å². The van der Waals surface area contributed by atoms with Gasteiger partial charge in [-0.25, -0.2) is 0 Å². The summed E-state index contributed by atoms with van der Waals surface area (Å²) in [6.07, 6.45) is -1.56. The summed E-state index contributed by atoms with van der Waals surface area (Å²) in [7, 11) is 0. The summed E-state index contributed by atoms with van der Waals surface area (Å²) in [5.41, 5.74) is -0.116. The molecular formula is C16H13F3N6. The minimum absolute atomic E-state index is 0.105. The molecule has 0 fully saturated rings. The molecule has 0 unspecified atom stereocenters. The van der Waals surface area contributed by atoms with Gasteiger partial charge in [-0.15, -0.1) is 5.10 Å². The second kappa shape index (κ2) is 7.12. The zero-order chi connectivity index (χ0) is 17.7. The van der Waals surface area contributed by atoms with Crippen molar-refractivity contribution in [1.29, 1.82) is 0 Å². The molecule has 2 aromatic heterocycles. The fourth-order valence-electron chi connectivity index (χ4n) is 2.09. The van der Waals surface area contributed by atoms with E-state index in [0.29, 0.717) is 6.54 Å². The molecule has 0 radical (unpaired) electrons. The smallest absolute Gasteiger partial charge is 0.347 e. The molecule has 1 aromatic carbocycles. The van der Waals surface area contributed by atoms with Crippen molar-refractivity contribution in [2.24, 2.45) is 0 Å². The van der Waals surface area contributed by atoms with Crippen LogP contribution in [0.1, 0.15) is 11.3 Å². The Morgan fingerprint density at radius 3 is 2.56 bits per heavy atom. The zero-order valence-corrected chi connectivity index (χ0v) is 12.8. The number of para-hydroxylation sites is 1. The SMILES string of the molecule is FC(F)(F)c1ccccc1Nc1cnnc(NCc2ccccn2)n1. The molecule has 0 aliphatic heterocycles. The first-order valence-corrected chi connectivity index (χ1v) is 7.29. The Kier molecular flexibility index (Phi) is 4.73. The normalized spacial score (nSPS) is 11.2. The molecule has 0 saturated carbocycles. The first-order valence-electron chi connectivity index (χ1n) is 7.29. The van der Waals surface area contributed by atoms with Gasteiger partial charge in [-0.2, -0.15) is 23.3 Å². The number of hydrogen-bond acceptors (Lipinski definition) is 6. The lowest BCUT2D eigenvalue weighted by atomic mass is 10.1. The third kappa shape index (κ3) is 4.40.